The minimum Gasteiger partial charge on any atom is -0.435 e. The molecule has 0 radical (unpaired) electrons. The number of carbonyl (C=O) groups excluding carboxylic acids is 2. The van der Waals surface area contributed by atoms with Gasteiger partial charge in [0.2, 0.25) is 11.8 Å². The van der Waals surface area contributed by atoms with Crippen molar-refractivity contribution in [3.05, 3.63) is 24.3 Å². The fourth-order valence-electron chi connectivity index (χ4n) is 5.34. The molecule has 0 unspecified atom stereocenters. The van der Waals surface area contributed by atoms with Crippen LogP contribution in [-0.4, -0.2) is 54.7 Å². The van der Waals surface area contributed by atoms with Crippen molar-refractivity contribution >= 4 is 17.5 Å². The summed E-state index contributed by atoms with van der Waals surface area (Å²) in [7, 11) is 0. The van der Waals surface area contributed by atoms with Crippen LogP contribution in [0.4, 0.5) is 27.6 Å². The maximum absolute atomic E-state index is 13.2. The molecule has 0 bridgehead atoms. The Hall–Kier alpha value is -2.43. The van der Waals surface area contributed by atoms with E-state index in [0.29, 0.717) is 38.0 Å². The number of hydrogen-bond acceptors (Lipinski definition) is 4. The molecule has 188 valence electrons. The maximum atomic E-state index is 13.2. The Balaban J connectivity index is 1.20. The fraction of sp³-hybridized carbons (Fsp3) is 0.652. The molecule has 3 fully saturated rings. The van der Waals surface area contributed by atoms with Crippen molar-refractivity contribution < 1.29 is 36.3 Å². The molecule has 0 aromatic heterocycles. The molecule has 1 aromatic carbocycles. The van der Waals surface area contributed by atoms with Crippen LogP contribution in [0.2, 0.25) is 0 Å². The van der Waals surface area contributed by atoms with Crippen molar-refractivity contribution in [1.29, 1.82) is 0 Å². The van der Waals surface area contributed by atoms with Gasteiger partial charge in [-0.3, -0.25) is 14.5 Å². The number of nitrogens with zero attached hydrogens (tertiary/aromatic N) is 1. The third kappa shape index (κ3) is 5.29. The van der Waals surface area contributed by atoms with Gasteiger partial charge >= 0.3 is 12.8 Å². The first-order valence-electron chi connectivity index (χ1n) is 11.5. The molecule has 2 aliphatic carbocycles. The third-order valence-corrected chi connectivity index (χ3v) is 7.36. The Labute approximate surface area is 194 Å². The first-order chi connectivity index (χ1) is 16.0. The molecule has 2 N–H and O–H groups in total. The van der Waals surface area contributed by atoms with Crippen LogP contribution in [0.5, 0.6) is 5.75 Å². The van der Waals surface area contributed by atoms with E-state index in [0.717, 1.165) is 12.8 Å². The number of nitrogens with one attached hydrogen (secondary N) is 2. The van der Waals surface area contributed by atoms with Gasteiger partial charge in [-0.1, -0.05) is 6.07 Å². The molecule has 1 heterocycles. The number of carbonyl (C=O) groups is 2. The number of rotatable bonds is 7. The number of likely N-dealkylation sites (tertiary alicyclic amines) is 1. The van der Waals surface area contributed by atoms with E-state index in [1.54, 1.807) is 6.07 Å². The summed E-state index contributed by atoms with van der Waals surface area (Å²) in [6, 6.07) is 5.84. The number of benzene rings is 1. The van der Waals surface area contributed by atoms with Crippen molar-refractivity contribution in [2.45, 2.75) is 63.3 Å². The van der Waals surface area contributed by atoms with Gasteiger partial charge in [0, 0.05) is 30.8 Å². The molecule has 3 aliphatic rings. The SMILES string of the molecule is O=C(CN1CC2(CCC(C(=O)Nc3cccc(OC(F)F)c3)CC2)C1)NC1(C(F)(F)F)CCC1. The molecule has 1 aliphatic heterocycles. The molecule has 6 nitrogen and oxygen atoms in total. The molecule has 34 heavy (non-hydrogen) atoms. The van der Waals surface area contributed by atoms with Crippen LogP contribution in [0.25, 0.3) is 0 Å². The van der Waals surface area contributed by atoms with Crippen LogP contribution in [0.3, 0.4) is 0 Å². The lowest BCUT2D eigenvalue weighted by Crippen LogP contribution is -2.66. The lowest BCUT2D eigenvalue weighted by Gasteiger charge is -2.53. The summed E-state index contributed by atoms with van der Waals surface area (Å²) < 4.78 is 68.8. The van der Waals surface area contributed by atoms with Gasteiger partial charge < -0.3 is 15.4 Å². The topological polar surface area (TPSA) is 70.7 Å². The van der Waals surface area contributed by atoms with Crippen LogP contribution in [0, 0.1) is 11.3 Å². The summed E-state index contributed by atoms with van der Waals surface area (Å²) in [6.07, 6.45) is -1.26. The quantitative estimate of drug-likeness (QED) is 0.560. The Morgan fingerprint density at radius 3 is 2.35 bits per heavy atom. The zero-order valence-corrected chi connectivity index (χ0v) is 18.6. The highest BCUT2D eigenvalue weighted by molar-refractivity contribution is 5.92. The second kappa shape index (κ2) is 9.31. The van der Waals surface area contributed by atoms with Crippen molar-refractivity contribution in [1.82, 2.24) is 10.2 Å². The number of anilines is 1. The standard InChI is InChI=1S/C23H28F5N3O3/c24-20(25)34-17-4-1-3-16(11-17)29-19(33)15-5-9-21(10-6-15)13-31(14-21)12-18(32)30-22(7-2-8-22)23(26,27)28/h1,3-4,11,15,20H,2,5-10,12-14H2,(H,29,33)(H,30,32). The Kier molecular flexibility index (Phi) is 6.76. The molecule has 2 amide bonds. The zero-order valence-electron chi connectivity index (χ0n) is 18.6. The first kappa shape index (κ1) is 24.7. The first-order valence-corrected chi connectivity index (χ1v) is 11.5. The van der Waals surface area contributed by atoms with Gasteiger partial charge in [-0.15, -0.1) is 0 Å². The van der Waals surface area contributed by atoms with E-state index < -0.39 is 24.2 Å². The summed E-state index contributed by atoms with van der Waals surface area (Å²) in [5, 5.41) is 4.96. The highest BCUT2D eigenvalue weighted by Gasteiger charge is 2.59. The zero-order chi connectivity index (χ0) is 24.6. The van der Waals surface area contributed by atoms with E-state index in [-0.39, 0.29) is 42.4 Å². The molecule has 2 saturated carbocycles. The molecular weight excluding hydrogens is 461 g/mol. The summed E-state index contributed by atoms with van der Waals surface area (Å²) >= 11 is 0. The Morgan fingerprint density at radius 2 is 1.79 bits per heavy atom. The van der Waals surface area contributed by atoms with Gasteiger partial charge in [-0.25, -0.2) is 0 Å². The minimum absolute atomic E-state index is 0.0136. The molecule has 0 atom stereocenters. The fourth-order valence-corrected chi connectivity index (χ4v) is 5.34. The highest BCUT2D eigenvalue weighted by atomic mass is 19.4. The highest BCUT2D eigenvalue weighted by Crippen LogP contribution is 2.47. The van der Waals surface area contributed by atoms with Gasteiger partial charge in [0.25, 0.3) is 0 Å². The largest absolute Gasteiger partial charge is 0.435 e. The lowest BCUT2D eigenvalue weighted by molar-refractivity contribution is -0.219. The summed E-state index contributed by atoms with van der Waals surface area (Å²) in [4.78, 5) is 26.7. The maximum Gasteiger partial charge on any atom is 0.411 e. The molecule has 4 rings (SSSR count). The summed E-state index contributed by atoms with van der Waals surface area (Å²) in [5.74, 6) is -1.03. The van der Waals surface area contributed by atoms with Crippen LogP contribution in [0.1, 0.15) is 44.9 Å². The average Bonchev–Trinajstić information content (AvgIpc) is 2.69. The Bertz CT molecular complexity index is 903. The summed E-state index contributed by atoms with van der Waals surface area (Å²) in [5.41, 5.74) is -1.70. The Morgan fingerprint density at radius 1 is 1.12 bits per heavy atom. The monoisotopic (exact) mass is 489 g/mol. The van der Waals surface area contributed by atoms with Crippen LogP contribution in [-0.2, 0) is 9.59 Å². The van der Waals surface area contributed by atoms with Gasteiger partial charge in [0.15, 0.2) is 0 Å². The van der Waals surface area contributed by atoms with Crippen LogP contribution < -0.4 is 15.4 Å². The van der Waals surface area contributed by atoms with E-state index in [9.17, 15) is 31.5 Å². The molecule has 11 heteroatoms. The van der Waals surface area contributed by atoms with Gasteiger partial charge in [-0.2, -0.15) is 22.0 Å². The molecule has 1 saturated heterocycles. The van der Waals surface area contributed by atoms with E-state index >= 15 is 0 Å². The normalized spacial score (nSPS) is 22.1. The minimum atomic E-state index is -4.44. The number of alkyl halides is 5. The second-order valence-electron chi connectivity index (χ2n) is 9.80. The van der Waals surface area contributed by atoms with Gasteiger partial charge in [0.05, 0.1) is 6.54 Å². The van der Waals surface area contributed by atoms with Gasteiger partial charge in [0.1, 0.15) is 11.3 Å². The lowest BCUT2D eigenvalue weighted by atomic mass is 9.65. The number of hydrogen-bond donors (Lipinski definition) is 2. The van der Waals surface area contributed by atoms with Crippen LogP contribution in [0.15, 0.2) is 24.3 Å². The van der Waals surface area contributed by atoms with Crippen molar-refractivity contribution in [2.75, 3.05) is 25.0 Å². The van der Waals surface area contributed by atoms with E-state index in [1.807, 2.05) is 4.90 Å². The van der Waals surface area contributed by atoms with E-state index in [2.05, 4.69) is 15.4 Å². The van der Waals surface area contributed by atoms with E-state index in [4.69, 9.17) is 0 Å². The van der Waals surface area contributed by atoms with Gasteiger partial charge in [-0.05, 0) is 62.5 Å². The van der Waals surface area contributed by atoms with Crippen molar-refractivity contribution in [3.8, 4) is 5.75 Å². The third-order valence-electron chi connectivity index (χ3n) is 7.36. The van der Waals surface area contributed by atoms with Crippen molar-refractivity contribution in [2.24, 2.45) is 11.3 Å². The average molecular weight is 489 g/mol. The number of amides is 2. The predicted octanol–water partition coefficient (Wildman–Crippen LogP) is 4.32. The molecule has 1 aromatic rings. The number of halogens is 5. The van der Waals surface area contributed by atoms with Crippen LogP contribution >= 0.6 is 0 Å². The summed E-state index contributed by atoms with van der Waals surface area (Å²) in [6.45, 7) is -1.75. The second-order valence-corrected chi connectivity index (χ2v) is 9.80. The predicted molar refractivity (Wildman–Crippen MR) is 113 cm³/mol. The number of ether oxygens (including phenoxy) is 1. The molecule has 1 spiro atoms. The molecular formula is C23H28F5N3O3. The van der Waals surface area contributed by atoms with E-state index in [1.165, 1.54) is 18.2 Å². The smallest absolute Gasteiger partial charge is 0.411 e. The van der Waals surface area contributed by atoms with Crippen molar-refractivity contribution in [3.63, 3.8) is 0 Å².